The summed E-state index contributed by atoms with van der Waals surface area (Å²) in [6, 6.07) is 19.9. The van der Waals surface area contributed by atoms with E-state index in [4.69, 9.17) is 4.74 Å². The lowest BCUT2D eigenvalue weighted by Gasteiger charge is -2.27. The van der Waals surface area contributed by atoms with Crippen LogP contribution in [0.2, 0.25) is 0 Å². The third kappa shape index (κ3) is 2.69. The van der Waals surface area contributed by atoms with Crippen LogP contribution in [0.1, 0.15) is 23.5 Å². The van der Waals surface area contributed by atoms with Crippen LogP contribution in [0.25, 0.3) is 0 Å². The molecular formula is C20H19NO3. The molecule has 2 aromatic rings. The van der Waals surface area contributed by atoms with Crippen molar-refractivity contribution in [3.8, 4) is 0 Å². The Morgan fingerprint density at radius 1 is 1.04 bits per heavy atom. The van der Waals surface area contributed by atoms with E-state index in [2.05, 4.69) is 0 Å². The molecule has 0 fully saturated rings. The number of aliphatic hydroxyl groups excluding tert-OH is 1. The SMILES string of the molecule is O=C1C2=C(CN1Cc1ccccc1)[C@H](c1ccccc1)C[C@@H](O)O2. The zero-order valence-electron chi connectivity index (χ0n) is 13.3. The smallest absolute Gasteiger partial charge is 0.289 e. The van der Waals surface area contributed by atoms with Gasteiger partial charge in [0.25, 0.3) is 5.91 Å². The van der Waals surface area contributed by atoms with Crippen molar-refractivity contribution in [3.05, 3.63) is 83.1 Å². The monoisotopic (exact) mass is 321 g/mol. The van der Waals surface area contributed by atoms with Gasteiger partial charge in [0.05, 0.1) is 0 Å². The number of amides is 1. The minimum atomic E-state index is -0.936. The number of rotatable bonds is 3. The Balaban J connectivity index is 1.62. The van der Waals surface area contributed by atoms with Gasteiger partial charge in [0.15, 0.2) is 12.0 Å². The van der Waals surface area contributed by atoms with E-state index in [1.165, 1.54) is 0 Å². The van der Waals surface area contributed by atoms with Crippen molar-refractivity contribution in [3.63, 3.8) is 0 Å². The first-order valence-corrected chi connectivity index (χ1v) is 8.18. The second kappa shape index (κ2) is 6.13. The Morgan fingerprint density at radius 3 is 2.42 bits per heavy atom. The third-order valence-corrected chi connectivity index (χ3v) is 4.66. The van der Waals surface area contributed by atoms with E-state index in [0.29, 0.717) is 25.3 Å². The quantitative estimate of drug-likeness (QED) is 0.946. The summed E-state index contributed by atoms with van der Waals surface area (Å²) in [5.74, 6) is 0.224. The average Bonchev–Trinajstić information content (AvgIpc) is 2.92. The van der Waals surface area contributed by atoms with Crippen LogP contribution in [0.5, 0.6) is 0 Å². The van der Waals surface area contributed by atoms with E-state index in [1.807, 2.05) is 60.7 Å². The van der Waals surface area contributed by atoms with Gasteiger partial charge in [0.1, 0.15) is 0 Å². The van der Waals surface area contributed by atoms with Crippen molar-refractivity contribution < 1.29 is 14.6 Å². The number of carbonyl (C=O) groups is 1. The summed E-state index contributed by atoms with van der Waals surface area (Å²) in [5.41, 5.74) is 3.18. The second-order valence-electron chi connectivity index (χ2n) is 6.27. The maximum atomic E-state index is 12.7. The molecule has 1 N–H and O–H groups in total. The van der Waals surface area contributed by atoms with Gasteiger partial charge in [0.2, 0.25) is 0 Å². The fourth-order valence-electron chi connectivity index (χ4n) is 3.51. The maximum absolute atomic E-state index is 12.7. The van der Waals surface area contributed by atoms with E-state index in [-0.39, 0.29) is 11.8 Å². The lowest BCUT2D eigenvalue weighted by molar-refractivity contribution is -0.137. The van der Waals surface area contributed by atoms with Crippen molar-refractivity contribution in [1.29, 1.82) is 0 Å². The zero-order valence-corrected chi connectivity index (χ0v) is 13.3. The number of benzene rings is 2. The Labute approximate surface area is 141 Å². The third-order valence-electron chi connectivity index (χ3n) is 4.66. The first kappa shape index (κ1) is 15.0. The maximum Gasteiger partial charge on any atom is 0.289 e. The van der Waals surface area contributed by atoms with E-state index in [1.54, 1.807) is 4.90 Å². The molecule has 2 atom stereocenters. The molecule has 2 aliphatic heterocycles. The molecule has 0 aliphatic carbocycles. The van der Waals surface area contributed by atoms with Gasteiger partial charge in [-0.25, -0.2) is 0 Å². The van der Waals surface area contributed by atoms with Crippen LogP contribution in [0.4, 0.5) is 0 Å². The van der Waals surface area contributed by atoms with Crippen LogP contribution in [-0.4, -0.2) is 28.7 Å². The standard InChI is InChI=1S/C20H19NO3/c22-18-11-16(15-9-5-2-6-10-15)17-13-21(20(23)19(17)24-18)12-14-7-3-1-4-8-14/h1-10,16,18,22H,11-13H2/t16-,18-/m0/s1. The molecular weight excluding hydrogens is 302 g/mol. The first-order chi connectivity index (χ1) is 11.7. The van der Waals surface area contributed by atoms with Gasteiger partial charge in [-0.3, -0.25) is 4.79 Å². The molecule has 0 saturated heterocycles. The largest absolute Gasteiger partial charge is 0.459 e. The van der Waals surface area contributed by atoms with E-state index in [9.17, 15) is 9.90 Å². The molecule has 0 bridgehead atoms. The lowest BCUT2D eigenvalue weighted by Crippen LogP contribution is -2.28. The van der Waals surface area contributed by atoms with E-state index < -0.39 is 6.29 Å². The molecule has 1 amide bonds. The highest BCUT2D eigenvalue weighted by Crippen LogP contribution is 2.40. The summed E-state index contributed by atoms with van der Waals surface area (Å²) < 4.78 is 5.49. The van der Waals surface area contributed by atoms with Gasteiger partial charge in [-0.05, 0) is 11.1 Å². The van der Waals surface area contributed by atoms with Crippen molar-refractivity contribution in [1.82, 2.24) is 4.90 Å². The van der Waals surface area contributed by atoms with Crippen molar-refractivity contribution in [2.24, 2.45) is 0 Å². The molecule has 4 rings (SSSR count). The van der Waals surface area contributed by atoms with Gasteiger partial charge < -0.3 is 14.7 Å². The van der Waals surface area contributed by atoms with Crippen molar-refractivity contribution in [2.75, 3.05) is 6.54 Å². The zero-order chi connectivity index (χ0) is 16.5. The van der Waals surface area contributed by atoms with Gasteiger partial charge in [-0.1, -0.05) is 60.7 Å². The van der Waals surface area contributed by atoms with Gasteiger partial charge in [0, 0.05) is 31.0 Å². The van der Waals surface area contributed by atoms with Crippen LogP contribution >= 0.6 is 0 Å². The summed E-state index contributed by atoms with van der Waals surface area (Å²) in [4.78, 5) is 14.5. The number of carbonyl (C=O) groups excluding carboxylic acids is 1. The van der Waals surface area contributed by atoms with Gasteiger partial charge in [-0.15, -0.1) is 0 Å². The highest BCUT2D eigenvalue weighted by atomic mass is 16.6. The molecule has 0 unspecified atom stereocenters. The highest BCUT2D eigenvalue weighted by Gasteiger charge is 2.41. The second-order valence-corrected chi connectivity index (χ2v) is 6.27. The van der Waals surface area contributed by atoms with Crippen LogP contribution < -0.4 is 0 Å². The molecule has 4 heteroatoms. The molecule has 2 heterocycles. The molecule has 2 aromatic carbocycles. The van der Waals surface area contributed by atoms with Crippen LogP contribution in [-0.2, 0) is 16.1 Å². The predicted octanol–water partition coefficient (Wildman–Crippen LogP) is 2.81. The van der Waals surface area contributed by atoms with E-state index in [0.717, 1.165) is 16.7 Å². The number of hydrogen-bond donors (Lipinski definition) is 1. The number of hydrogen-bond acceptors (Lipinski definition) is 3. The summed E-state index contributed by atoms with van der Waals surface area (Å²) in [7, 11) is 0. The molecule has 0 aromatic heterocycles. The molecule has 2 aliphatic rings. The molecule has 4 nitrogen and oxygen atoms in total. The fourth-order valence-corrected chi connectivity index (χ4v) is 3.51. The Morgan fingerprint density at radius 2 is 1.71 bits per heavy atom. The molecule has 0 saturated carbocycles. The number of aliphatic hydroxyl groups is 1. The minimum Gasteiger partial charge on any atom is -0.459 e. The average molecular weight is 321 g/mol. The van der Waals surface area contributed by atoms with Gasteiger partial charge >= 0.3 is 0 Å². The lowest BCUT2D eigenvalue weighted by atomic mass is 9.86. The van der Waals surface area contributed by atoms with Crippen LogP contribution in [0, 0.1) is 0 Å². The van der Waals surface area contributed by atoms with E-state index >= 15 is 0 Å². The molecule has 122 valence electrons. The Hall–Kier alpha value is -2.59. The topological polar surface area (TPSA) is 49.8 Å². The Kier molecular flexibility index (Phi) is 3.82. The normalized spacial score (nSPS) is 23.2. The van der Waals surface area contributed by atoms with Gasteiger partial charge in [-0.2, -0.15) is 0 Å². The number of nitrogens with zero attached hydrogens (tertiary/aromatic N) is 1. The summed E-state index contributed by atoms with van der Waals surface area (Å²) in [6.45, 7) is 1.10. The van der Waals surface area contributed by atoms with Crippen LogP contribution in [0.15, 0.2) is 72.0 Å². The minimum absolute atomic E-state index is 0.0228. The van der Waals surface area contributed by atoms with Crippen molar-refractivity contribution >= 4 is 5.91 Å². The first-order valence-electron chi connectivity index (χ1n) is 8.18. The molecule has 0 radical (unpaired) electrons. The molecule has 24 heavy (non-hydrogen) atoms. The number of ether oxygens (including phenoxy) is 1. The summed E-state index contributed by atoms with van der Waals surface area (Å²) in [6.07, 6.45) is -0.454. The Bertz CT molecular complexity index is 770. The summed E-state index contributed by atoms with van der Waals surface area (Å²) >= 11 is 0. The van der Waals surface area contributed by atoms with Crippen LogP contribution in [0.3, 0.4) is 0 Å². The fraction of sp³-hybridized carbons (Fsp3) is 0.250. The van der Waals surface area contributed by atoms with Crippen molar-refractivity contribution in [2.45, 2.75) is 25.2 Å². The predicted molar refractivity (Wildman–Crippen MR) is 89.8 cm³/mol. The highest BCUT2D eigenvalue weighted by molar-refractivity contribution is 5.95. The summed E-state index contributed by atoms with van der Waals surface area (Å²) in [5, 5.41) is 10.1. The molecule has 0 spiro atoms.